The lowest BCUT2D eigenvalue weighted by molar-refractivity contribution is -0.105. The van der Waals surface area contributed by atoms with Gasteiger partial charge in [0.2, 0.25) is 6.29 Å². The maximum atomic E-state index is 11.0. The van der Waals surface area contributed by atoms with Gasteiger partial charge in [-0.1, -0.05) is 17.3 Å². The lowest BCUT2D eigenvalue weighted by Gasteiger charge is -1.91. The van der Waals surface area contributed by atoms with Crippen molar-refractivity contribution < 1.29 is 9.59 Å². The van der Waals surface area contributed by atoms with Crippen molar-refractivity contribution >= 4 is 23.2 Å². The third-order valence-electron chi connectivity index (χ3n) is 1.66. The molecule has 0 unspecified atom stereocenters. The van der Waals surface area contributed by atoms with E-state index in [9.17, 15) is 9.59 Å². The first-order chi connectivity index (χ1) is 6.33. The van der Waals surface area contributed by atoms with E-state index in [1.165, 1.54) is 0 Å². The van der Waals surface area contributed by atoms with Gasteiger partial charge in [-0.25, -0.2) is 0 Å². The molecule has 0 saturated heterocycles. The van der Waals surface area contributed by atoms with Crippen LogP contribution in [0.3, 0.4) is 0 Å². The Kier molecular flexibility index (Phi) is 1.63. The van der Waals surface area contributed by atoms with Crippen LogP contribution in [-0.4, -0.2) is 27.2 Å². The minimum atomic E-state index is -0.714. The van der Waals surface area contributed by atoms with Gasteiger partial charge in [-0.15, -0.1) is 5.10 Å². The molecule has 0 aliphatic heterocycles. The number of para-hydroxylation sites is 1. The van der Waals surface area contributed by atoms with Gasteiger partial charge < -0.3 is 0 Å². The second-order valence-corrected chi connectivity index (χ2v) is 2.45. The third kappa shape index (κ3) is 1.10. The van der Waals surface area contributed by atoms with Crippen LogP contribution in [0.5, 0.6) is 0 Å². The van der Waals surface area contributed by atoms with Crippen molar-refractivity contribution in [1.29, 1.82) is 0 Å². The smallest absolute Gasteiger partial charge is 0.292 e. The molecule has 0 fully saturated rings. The van der Waals surface area contributed by atoms with E-state index >= 15 is 0 Å². The van der Waals surface area contributed by atoms with Crippen molar-refractivity contribution in [1.82, 2.24) is 15.0 Å². The van der Waals surface area contributed by atoms with Gasteiger partial charge in [0.1, 0.15) is 5.52 Å². The molecular weight excluding hydrogens is 170 g/mol. The Morgan fingerprint density at radius 3 is 2.92 bits per heavy atom. The highest BCUT2D eigenvalue weighted by Crippen LogP contribution is 2.08. The molecule has 0 aliphatic rings. The van der Waals surface area contributed by atoms with Gasteiger partial charge in [-0.3, -0.25) is 9.59 Å². The zero-order valence-electron chi connectivity index (χ0n) is 6.54. The summed E-state index contributed by atoms with van der Waals surface area (Å²) in [6.07, 6.45) is 0.209. The van der Waals surface area contributed by atoms with E-state index in [-0.39, 0.29) is 6.29 Å². The summed E-state index contributed by atoms with van der Waals surface area (Å²) in [5.74, 6) is -0.714. The number of aromatic nitrogens is 3. The standard InChI is InChI=1S/C8H5N3O2/c12-5-8(13)11-7-4-2-1-3-6(7)9-10-11/h1-5H. The fourth-order valence-electron chi connectivity index (χ4n) is 1.08. The van der Waals surface area contributed by atoms with Crippen molar-refractivity contribution in [3.05, 3.63) is 24.3 Å². The second kappa shape index (κ2) is 2.78. The van der Waals surface area contributed by atoms with E-state index in [0.29, 0.717) is 11.0 Å². The Balaban J connectivity index is 2.71. The van der Waals surface area contributed by atoms with E-state index in [0.717, 1.165) is 4.68 Å². The first-order valence-electron chi connectivity index (χ1n) is 3.63. The molecule has 0 amide bonds. The lowest BCUT2D eigenvalue weighted by atomic mass is 10.3. The molecule has 2 aromatic rings. The molecule has 64 valence electrons. The quantitative estimate of drug-likeness (QED) is 0.461. The Morgan fingerprint density at radius 2 is 2.15 bits per heavy atom. The summed E-state index contributed by atoms with van der Waals surface area (Å²) < 4.78 is 0.975. The Hall–Kier alpha value is -2.04. The lowest BCUT2D eigenvalue weighted by Crippen LogP contribution is -2.12. The summed E-state index contributed by atoms with van der Waals surface area (Å²) in [5.41, 5.74) is 1.14. The van der Waals surface area contributed by atoms with Crippen LogP contribution < -0.4 is 0 Å². The van der Waals surface area contributed by atoms with Crippen LogP contribution >= 0.6 is 0 Å². The molecule has 0 bridgehead atoms. The molecule has 0 aliphatic carbocycles. The number of hydrogen-bond donors (Lipinski definition) is 0. The predicted molar refractivity (Wildman–Crippen MR) is 44.2 cm³/mol. The van der Waals surface area contributed by atoms with Gasteiger partial charge in [0.25, 0.3) is 0 Å². The fraction of sp³-hybridized carbons (Fsp3) is 0. The highest BCUT2D eigenvalue weighted by Gasteiger charge is 2.08. The highest BCUT2D eigenvalue weighted by molar-refractivity contribution is 6.25. The normalized spacial score (nSPS) is 10.2. The van der Waals surface area contributed by atoms with Crippen molar-refractivity contribution in [3.8, 4) is 0 Å². The fourth-order valence-corrected chi connectivity index (χ4v) is 1.08. The average molecular weight is 175 g/mol. The molecule has 0 N–H and O–H groups in total. The molecule has 5 heteroatoms. The first-order valence-corrected chi connectivity index (χ1v) is 3.63. The van der Waals surface area contributed by atoms with E-state index in [2.05, 4.69) is 10.3 Å². The minimum Gasteiger partial charge on any atom is -0.292 e. The largest absolute Gasteiger partial charge is 0.312 e. The van der Waals surface area contributed by atoms with Gasteiger partial charge in [0.05, 0.1) is 5.52 Å². The van der Waals surface area contributed by atoms with Gasteiger partial charge in [-0.05, 0) is 12.1 Å². The molecule has 0 spiro atoms. The molecular formula is C8H5N3O2. The molecule has 5 nitrogen and oxygen atoms in total. The summed E-state index contributed by atoms with van der Waals surface area (Å²) in [6, 6.07) is 6.93. The SMILES string of the molecule is O=CC(=O)n1nnc2ccccc21. The van der Waals surface area contributed by atoms with Crippen LogP contribution in [0.1, 0.15) is 4.79 Å². The Labute approximate surface area is 73.0 Å². The Bertz CT molecular complexity index is 475. The van der Waals surface area contributed by atoms with Crippen LogP contribution in [0.25, 0.3) is 11.0 Å². The second-order valence-electron chi connectivity index (χ2n) is 2.45. The summed E-state index contributed by atoms with van der Waals surface area (Å²) in [7, 11) is 0. The number of nitrogens with zero attached hydrogens (tertiary/aromatic N) is 3. The molecule has 13 heavy (non-hydrogen) atoms. The number of benzene rings is 1. The number of hydrogen-bond acceptors (Lipinski definition) is 4. The maximum absolute atomic E-state index is 11.0. The first kappa shape index (κ1) is 7.60. The Morgan fingerprint density at radius 1 is 1.38 bits per heavy atom. The molecule has 0 radical (unpaired) electrons. The molecule has 1 heterocycles. The van der Waals surface area contributed by atoms with Gasteiger partial charge in [-0.2, -0.15) is 4.68 Å². The van der Waals surface area contributed by atoms with Crippen LogP contribution in [0.2, 0.25) is 0 Å². The van der Waals surface area contributed by atoms with Crippen molar-refractivity contribution in [3.63, 3.8) is 0 Å². The van der Waals surface area contributed by atoms with Crippen molar-refractivity contribution in [2.75, 3.05) is 0 Å². The van der Waals surface area contributed by atoms with Crippen LogP contribution in [0, 0.1) is 0 Å². The summed E-state index contributed by atoms with van der Waals surface area (Å²) in [5, 5.41) is 7.27. The van der Waals surface area contributed by atoms with Gasteiger partial charge in [0.15, 0.2) is 0 Å². The van der Waals surface area contributed by atoms with Gasteiger partial charge in [0, 0.05) is 0 Å². The molecule has 0 atom stereocenters. The number of carbonyl (C=O) groups excluding carboxylic acids is 2. The molecule has 1 aromatic heterocycles. The van der Waals surface area contributed by atoms with Crippen LogP contribution in [-0.2, 0) is 4.79 Å². The monoisotopic (exact) mass is 175 g/mol. The molecule has 0 saturated carbocycles. The zero-order valence-corrected chi connectivity index (χ0v) is 6.54. The van der Waals surface area contributed by atoms with Crippen LogP contribution in [0.4, 0.5) is 0 Å². The van der Waals surface area contributed by atoms with E-state index in [1.807, 2.05) is 0 Å². The van der Waals surface area contributed by atoms with Gasteiger partial charge >= 0.3 is 5.91 Å². The molecule has 2 rings (SSSR count). The predicted octanol–water partition coefficient (Wildman–Crippen LogP) is 0.270. The number of fused-ring (bicyclic) bond motifs is 1. The highest BCUT2D eigenvalue weighted by atomic mass is 16.2. The number of rotatable bonds is 1. The maximum Gasteiger partial charge on any atom is 0.312 e. The number of carbonyl (C=O) groups is 2. The topological polar surface area (TPSA) is 64.8 Å². The van der Waals surface area contributed by atoms with Crippen LogP contribution in [0.15, 0.2) is 24.3 Å². The van der Waals surface area contributed by atoms with E-state index in [4.69, 9.17) is 0 Å². The van der Waals surface area contributed by atoms with E-state index < -0.39 is 5.91 Å². The zero-order chi connectivity index (χ0) is 9.26. The van der Waals surface area contributed by atoms with Crippen molar-refractivity contribution in [2.45, 2.75) is 0 Å². The summed E-state index contributed by atoms with van der Waals surface area (Å²) in [6.45, 7) is 0. The average Bonchev–Trinajstić information content (AvgIpc) is 2.60. The van der Waals surface area contributed by atoms with E-state index in [1.54, 1.807) is 24.3 Å². The summed E-state index contributed by atoms with van der Waals surface area (Å²) in [4.78, 5) is 21.2. The van der Waals surface area contributed by atoms with Crippen molar-refractivity contribution in [2.24, 2.45) is 0 Å². The third-order valence-corrected chi connectivity index (χ3v) is 1.66. The summed E-state index contributed by atoms with van der Waals surface area (Å²) >= 11 is 0. The minimum absolute atomic E-state index is 0.209. The molecule has 1 aromatic carbocycles. The number of aldehydes is 1.